The molecule has 3 heteroatoms. The summed E-state index contributed by atoms with van der Waals surface area (Å²) in [6, 6.07) is 5.80. The second kappa shape index (κ2) is 5.28. The second-order valence-electron chi connectivity index (χ2n) is 5.80. The minimum Gasteiger partial charge on any atom is -0.389 e. The van der Waals surface area contributed by atoms with Crippen molar-refractivity contribution < 1.29 is 5.11 Å². The average Bonchev–Trinajstić information content (AvgIpc) is 2.14. The van der Waals surface area contributed by atoms with Gasteiger partial charge in [0.15, 0.2) is 0 Å². The fourth-order valence-electron chi connectivity index (χ4n) is 1.90. The molecule has 2 nitrogen and oxygen atoms in total. The number of aliphatic hydroxyl groups excluding tert-OH is 1. The van der Waals surface area contributed by atoms with E-state index < -0.39 is 6.10 Å². The highest BCUT2D eigenvalue weighted by atomic mass is 35.5. The van der Waals surface area contributed by atoms with E-state index in [1.807, 2.05) is 18.2 Å². The van der Waals surface area contributed by atoms with Crippen LogP contribution in [0, 0.1) is 5.41 Å². The Kier molecular flexibility index (Phi) is 4.45. The van der Waals surface area contributed by atoms with Crippen molar-refractivity contribution in [2.75, 3.05) is 18.5 Å². The summed E-state index contributed by atoms with van der Waals surface area (Å²) in [5.41, 5.74) is 2.10. The highest BCUT2D eigenvalue weighted by Gasteiger charge is 2.15. The van der Waals surface area contributed by atoms with Gasteiger partial charge in [-0.2, -0.15) is 0 Å². The molecule has 0 fully saturated rings. The van der Waals surface area contributed by atoms with Gasteiger partial charge in [-0.05, 0) is 30.0 Å². The van der Waals surface area contributed by atoms with Gasteiger partial charge in [0.2, 0.25) is 0 Å². The van der Waals surface area contributed by atoms with E-state index in [9.17, 15) is 5.11 Å². The van der Waals surface area contributed by atoms with Crippen LogP contribution in [0.15, 0.2) is 18.2 Å². The van der Waals surface area contributed by atoms with Crippen LogP contribution in [-0.4, -0.2) is 18.7 Å². The molecule has 0 amide bonds. The van der Waals surface area contributed by atoms with Crippen molar-refractivity contribution >= 4 is 17.3 Å². The maximum Gasteiger partial charge on any atom is 0.0776 e. The standard InChI is InChI=1S/C14H22ClNO/c1-10(17)12-7-6-11(8-13(12)15)16(5)9-14(2,3)4/h6-8,10,17H,9H2,1-5H3. The van der Waals surface area contributed by atoms with Crippen LogP contribution in [0.25, 0.3) is 0 Å². The zero-order chi connectivity index (χ0) is 13.2. The highest BCUT2D eigenvalue weighted by Crippen LogP contribution is 2.28. The molecule has 96 valence electrons. The van der Waals surface area contributed by atoms with E-state index in [0.29, 0.717) is 5.02 Å². The Labute approximate surface area is 109 Å². The Morgan fingerprint density at radius 2 is 1.94 bits per heavy atom. The Morgan fingerprint density at radius 1 is 1.35 bits per heavy atom. The molecule has 1 unspecified atom stereocenters. The molecule has 0 heterocycles. The molecule has 17 heavy (non-hydrogen) atoms. The monoisotopic (exact) mass is 255 g/mol. The van der Waals surface area contributed by atoms with Crippen molar-refractivity contribution in [3.63, 3.8) is 0 Å². The lowest BCUT2D eigenvalue weighted by molar-refractivity contribution is 0.199. The molecule has 0 saturated heterocycles. The van der Waals surface area contributed by atoms with Crippen molar-refractivity contribution in [3.05, 3.63) is 28.8 Å². The van der Waals surface area contributed by atoms with E-state index in [1.165, 1.54) is 0 Å². The topological polar surface area (TPSA) is 23.5 Å². The van der Waals surface area contributed by atoms with Crippen LogP contribution in [0.1, 0.15) is 39.4 Å². The van der Waals surface area contributed by atoms with Crippen LogP contribution in [0.5, 0.6) is 0 Å². The van der Waals surface area contributed by atoms with Crippen LogP contribution in [0.3, 0.4) is 0 Å². The molecule has 0 aliphatic rings. The lowest BCUT2D eigenvalue weighted by atomic mass is 9.96. The number of hydrogen-bond donors (Lipinski definition) is 1. The third-order valence-corrected chi connectivity index (χ3v) is 2.91. The van der Waals surface area contributed by atoms with Crippen molar-refractivity contribution in [1.82, 2.24) is 0 Å². The van der Waals surface area contributed by atoms with Gasteiger partial charge >= 0.3 is 0 Å². The first-order valence-electron chi connectivity index (χ1n) is 5.89. The van der Waals surface area contributed by atoms with Gasteiger partial charge in [-0.1, -0.05) is 38.4 Å². The third-order valence-electron chi connectivity index (χ3n) is 2.59. The van der Waals surface area contributed by atoms with Crippen LogP contribution < -0.4 is 4.90 Å². The first-order valence-corrected chi connectivity index (χ1v) is 6.27. The van der Waals surface area contributed by atoms with Gasteiger partial charge in [0.25, 0.3) is 0 Å². The van der Waals surface area contributed by atoms with Gasteiger partial charge in [-0.3, -0.25) is 0 Å². The third kappa shape index (κ3) is 4.21. The molecule has 0 radical (unpaired) electrons. The lowest BCUT2D eigenvalue weighted by Gasteiger charge is -2.28. The first kappa shape index (κ1) is 14.3. The zero-order valence-electron chi connectivity index (χ0n) is 11.3. The minimum absolute atomic E-state index is 0.240. The molecule has 1 rings (SSSR count). The predicted molar refractivity (Wildman–Crippen MR) is 74.8 cm³/mol. The fraction of sp³-hybridized carbons (Fsp3) is 0.571. The molecule has 1 N–H and O–H groups in total. The van der Waals surface area contributed by atoms with Gasteiger partial charge in [0.1, 0.15) is 0 Å². The molecule has 0 saturated carbocycles. The van der Waals surface area contributed by atoms with E-state index >= 15 is 0 Å². The largest absolute Gasteiger partial charge is 0.389 e. The van der Waals surface area contributed by atoms with E-state index in [-0.39, 0.29) is 5.41 Å². The maximum absolute atomic E-state index is 9.52. The van der Waals surface area contributed by atoms with Gasteiger partial charge in [0.05, 0.1) is 6.10 Å². The fourth-order valence-corrected chi connectivity index (χ4v) is 2.23. The summed E-state index contributed by atoms with van der Waals surface area (Å²) < 4.78 is 0. The number of benzene rings is 1. The quantitative estimate of drug-likeness (QED) is 0.886. The molecule has 1 aromatic rings. The average molecular weight is 256 g/mol. The molecule has 0 spiro atoms. The Hall–Kier alpha value is -0.730. The highest BCUT2D eigenvalue weighted by molar-refractivity contribution is 6.31. The second-order valence-corrected chi connectivity index (χ2v) is 6.21. The lowest BCUT2D eigenvalue weighted by Crippen LogP contribution is -2.29. The van der Waals surface area contributed by atoms with E-state index in [2.05, 4.69) is 32.7 Å². The summed E-state index contributed by atoms with van der Waals surface area (Å²) in [5.74, 6) is 0. The molecule has 0 aliphatic heterocycles. The Morgan fingerprint density at radius 3 is 2.35 bits per heavy atom. The molecule has 1 atom stereocenters. The van der Waals surface area contributed by atoms with E-state index in [1.54, 1.807) is 6.92 Å². The van der Waals surface area contributed by atoms with E-state index in [4.69, 9.17) is 11.6 Å². The number of rotatable bonds is 3. The number of halogens is 1. The Balaban J connectivity index is 2.90. The summed E-state index contributed by atoms with van der Waals surface area (Å²) in [7, 11) is 2.05. The van der Waals surface area contributed by atoms with Crippen LogP contribution in [-0.2, 0) is 0 Å². The summed E-state index contributed by atoms with van der Waals surface area (Å²) in [6.45, 7) is 9.29. The minimum atomic E-state index is -0.524. The zero-order valence-corrected chi connectivity index (χ0v) is 12.0. The summed E-state index contributed by atoms with van der Waals surface area (Å²) in [5, 5.41) is 10.1. The Bertz CT molecular complexity index is 382. The summed E-state index contributed by atoms with van der Waals surface area (Å²) in [6.07, 6.45) is -0.524. The molecule has 1 aromatic carbocycles. The summed E-state index contributed by atoms with van der Waals surface area (Å²) >= 11 is 6.15. The molecule has 0 aliphatic carbocycles. The number of hydrogen-bond acceptors (Lipinski definition) is 2. The summed E-state index contributed by atoms with van der Waals surface area (Å²) in [4.78, 5) is 2.18. The predicted octanol–water partition coefficient (Wildman–Crippen LogP) is 3.88. The van der Waals surface area contributed by atoms with Crippen molar-refractivity contribution in [2.24, 2.45) is 5.41 Å². The molecule has 0 bridgehead atoms. The molecular weight excluding hydrogens is 234 g/mol. The normalized spacial score (nSPS) is 13.6. The number of aliphatic hydroxyl groups is 1. The van der Waals surface area contributed by atoms with Crippen LogP contribution in [0.4, 0.5) is 5.69 Å². The van der Waals surface area contributed by atoms with Crippen molar-refractivity contribution in [1.29, 1.82) is 0 Å². The van der Waals surface area contributed by atoms with Crippen molar-refractivity contribution in [3.8, 4) is 0 Å². The van der Waals surface area contributed by atoms with Gasteiger partial charge in [-0.25, -0.2) is 0 Å². The SMILES string of the molecule is CC(O)c1ccc(N(C)CC(C)(C)C)cc1Cl. The van der Waals surface area contributed by atoms with Crippen LogP contribution in [0.2, 0.25) is 5.02 Å². The smallest absolute Gasteiger partial charge is 0.0776 e. The first-order chi connectivity index (χ1) is 7.70. The van der Waals surface area contributed by atoms with Gasteiger partial charge in [-0.15, -0.1) is 0 Å². The van der Waals surface area contributed by atoms with E-state index in [0.717, 1.165) is 17.8 Å². The van der Waals surface area contributed by atoms with Gasteiger partial charge < -0.3 is 10.0 Å². The molecule has 0 aromatic heterocycles. The van der Waals surface area contributed by atoms with Crippen molar-refractivity contribution in [2.45, 2.75) is 33.8 Å². The number of nitrogens with zero attached hydrogens (tertiary/aromatic N) is 1. The van der Waals surface area contributed by atoms with Gasteiger partial charge in [0, 0.05) is 24.3 Å². The van der Waals surface area contributed by atoms with Crippen LogP contribution >= 0.6 is 11.6 Å². The molecular formula is C14H22ClNO. The maximum atomic E-state index is 9.52. The number of anilines is 1.